The standard InChI is InChI=1S/C10H17NO3/c1-3-11(7-12)10(9(13)14)5-4-8(2)6-10/h7-8H,3-6H2,1-2H3,(H,13,14). The number of aliphatic carboxylic acids is 1. The summed E-state index contributed by atoms with van der Waals surface area (Å²) in [5, 5.41) is 9.21. The minimum atomic E-state index is -0.935. The van der Waals surface area contributed by atoms with Crippen LogP contribution in [0.1, 0.15) is 33.1 Å². The van der Waals surface area contributed by atoms with E-state index in [4.69, 9.17) is 0 Å². The maximum absolute atomic E-state index is 11.2. The van der Waals surface area contributed by atoms with E-state index in [0.29, 0.717) is 31.7 Å². The van der Waals surface area contributed by atoms with Crippen LogP contribution in [0.15, 0.2) is 0 Å². The molecule has 1 N–H and O–H groups in total. The highest BCUT2D eigenvalue weighted by atomic mass is 16.4. The number of carboxylic acids is 1. The molecule has 0 heterocycles. The minimum absolute atomic E-state index is 0.389. The van der Waals surface area contributed by atoms with Crippen molar-refractivity contribution in [2.45, 2.75) is 38.6 Å². The fourth-order valence-electron chi connectivity index (χ4n) is 2.32. The van der Waals surface area contributed by atoms with E-state index in [9.17, 15) is 14.7 Å². The van der Waals surface area contributed by atoms with Gasteiger partial charge in [0.1, 0.15) is 5.54 Å². The molecule has 4 nitrogen and oxygen atoms in total. The van der Waals surface area contributed by atoms with Crippen LogP contribution in [-0.2, 0) is 9.59 Å². The molecule has 0 spiro atoms. The highest BCUT2D eigenvalue weighted by molar-refractivity contribution is 5.82. The molecule has 0 aromatic heterocycles. The number of amides is 1. The largest absolute Gasteiger partial charge is 0.479 e. The smallest absolute Gasteiger partial charge is 0.329 e. The summed E-state index contributed by atoms with van der Waals surface area (Å²) in [6.45, 7) is 4.30. The quantitative estimate of drug-likeness (QED) is 0.690. The average Bonchev–Trinajstić information content (AvgIpc) is 2.51. The summed E-state index contributed by atoms with van der Waals surface area (Å²) in [5.41, 5.74) is -0.935. The van der Waals surface area contributed by atoms with Crippen molar-refractivity contribution in [3.8, 4) is 0 Å². The van der Waals surface area contributed by atoms with Crippen molar-refractivity contribution in [2.24, 2.45) is 5.92 Å². The first-order valence-electron chi connectivity index (χ1n) is 5.02. The molecule has 2 atom stereocenters. The number of hydrogen-bond acceptors (Lipinski definition) is 2. The van der Waals surface area contributed by atoms with E-state index in [1.54, 1.807) is 0 Å². The normalized spacial score (nSPS) is 31.4. The third-order valence-electron chi connectivity index (χ3n) is 3.15. The van der Waals surface area contributed by atoms with Crippen LogP contribution in [0.4, 0.5) is 0 Å². The van der Waals surface area contributed by atoms with Crippen LogP contribution in [0.25, 0.3) is 0 Å². The van der Waals surface area contributed by atoms with Gasteiger partial charge in [0.15, 0.2) is 0 Å². The van der Waals surface area contributed by atoms with Gasteiger partial charge in [-0.1, -0.05) is 6.92 Å². The molecule has 4 heteroatoms. The van der Waals surface area contributed by atoms with Crippen LogP contribution in [0, 0.1) is 5.92 Å². The Morgan fingerprint density at radius 2 is 2.36 bits per heavy atom. The molecule has 0 radical (unpaired) electrons. The molecule has 0 bridgehead atoms. The Kier molecular flexibility index (Phi) is 3.13. The number of carbonyl (C=O) groups excluding carboxylic acids is 1. The van der Waals surface area contributed by atoms with Crippen molar-refractivity contribution in [3.05, 3.63) is 0 Å². The molecule has 0 aliphatic heterocycles. The van der Waals surface area contributed by atoms with Gasteiger partial charge in [-0.15, -0.1) is 0 Å². The Labute approximate surface area is 83.9 Å². The molecule has 0 aromatic carbocycles. The van der Waals surface area contributed by atoms with Gasteiger partial charge in [-0.3, -0.25) is 4.79 Å². The number of hydrogen-bond donors (Lipinski definition) is 1. The van der Waals surface area contributed by atoms with Gasteiger partial charge in [-0.05, 0) is 32.1 Å². The van der Waals surface area contributed by atoms with E-state index in [0.717, 1.165) is 6.42 Å². The number of carboxylic acid groups (broad SMARTS) is 1. The second-order valence-corrected chi connectivity index (χ2v) is 4.08. The van der Waals surface area contributed by atoms with Crippen molar-refractivity contribution in [2.75, 3.05) is 6.54 Å². The number of rotatable bonds is 4. The summed E-state index contributed by atoms with van der Waals surface area (Å²) in [7, 11) is 0. The van der Waals surface area contributed by atoms with E-state index in [2.05, 4.69) is 0 Å². The average molecular weight is 199 g/mol. The van der Waals surface area contributed by atoms with Gasteiger partial charge in [0.2, 0.25) is 6.41 Å². The van der Waals surface area contributed by atoms with E-state index in [1.165, 1.54) is 4.90 Å². The van der Waals surface area contributed by atoms with Gasteiger partial charge in [0.25, 0.3) is 0 Å². The molecule has 1 saturated carbocycles. The lowest BCUT2D eigenvalue weighted by Gasteiger charge is -2.34. The maximum atomic E-state index is 11.2. The molecule has 1 fully saturated rings. The lowest BCUT2D eigenvalue weighted by molar-refractivity contribution is -0.154. The maximum Gasteiger partial charge on any atom is 0.329 e. The van der Waals surface area contributed by atoms with Crippen molar-refractivity contribution < 1.29 is 14.7 Å². The predicted octanol–water partition coefficient (Wildman–Crippen LogP) is 1.11. The van der Waals surface area contributed by atoms with Crippen molar-refractivity contribution in [1.29, 1.82) is 0 Å². The van der Waals surface area contributed by atoms with Crippen LogP contribution in [0.2, 0.25) is 0 Å². The van der Waals surface area contributed by atoms with Gasteiger partial charge in [-0.25, -0.2) is 4.79 Å². The summed E-state index contributed by atoms with van der Waals surface area (Å²) < 4.78 is 0. The number of carbonyl (C=O) groups is 2. The molecule has 0 aromatic rings. The Morgan fingerprint density at radius 3 is 2.64 bits per heavy atom. The van der Waals surface area contributed by atoms with Crippen LogP contribution in [0.5, 0.6) is 0 Å². The molecule has 80 valence electrons. The zero-order valence-electron chi connectivity index (χ0n) is 8.69. The molecular weight excluding hydrogens is 182 g/mol. The highest BCUT2D eigenvalue weighted by Crippen LogP contribution is 2.38. The van der Waals surface area contributed by atoms with Crippen LogP contribution >= 0.6 is 0 Å². The van der Waals surface area contributed by atoms with E-state index in [-0.39, 0.29) is 0 Å². The molecule has 1 amide bonds. The fourth-order valence-corrected chi connectivity index (χ4v) is 2.32. The van der Waals surface area contributed by atoms with E-state index >= 15 is 0 Å². The zero-order valence-corrected chi connectivity index (χ0v) is 8.69. The van der Waals surface area contributed by atoms with Crippen molar-refractivity contribution >= 4 is 12.4 Å². The summed E-state index contributed by atoms with van der Waals surface area (Å²) in [4.78, 5) is 23.4. The number of likely N-dealkylation sites (N-methyl/N-ethyl adjacent to an activating group) is 1. The SMILES string of the molecule is CCN(C=O)C1(C(=O)O)CCC(C)C1. The van der Waals surface area contributed by atoms with Crippen LogP contribution in [0.3, 0.4) is 0 Å². The van der Waals surface area contributed by atoms with E-state index in [1.807, 2.05) is 13.8 Å². The topological polar surface area (TPSA) is 57.6 Å². The van der Waals surface area contributed by atoms with Gasteiger partial charge >= 0.3 is 5.97 Å². The van der Waals surface area contributed by atoms with Crippen LogP contribution in [-0.4, -0.2) is 34.5 Å². The molecule has 0 saturated heterocycles. The summed E-state index contributed by atoms with van der Waals surface area (Å²) in [6.07, 6.45) is 2.70. The fraction of sp³-hybridized carbons (Fsp3) is 0.800. The second-order valence-electron chi connectivity index (χ2n) is 4.08. The molecule has 14 heavy (non-hydrogen) atoms. The third-order valence-corrected chi connectivity index (χ3v) is 3.15. The lowest BCUT2D eigenvalue weighted by atomic mass is 9.94. The Balaban J connectivity index is 2.92. The Morgan fingerprint density at radius 1 is 1.71 bits per heavy atom. The summed E-state index contributed by atoms with van der Waals surface area (Å²) in [6, 6.07) is 0. The monoisotopic (exact) mass is 199 g/mol. The predicted molar refractivity (Wildman–Crippen MR) is 51.8 cm³/mol. The minimum Gasteiger partial charge on any atom is -0.479 e. The third kappa shape index (κ3) is 1.61. The second kappa shape index (κ2) is 3.98. The van der Waals surface area contributed by atoms with Gasteiger partial charge in [0.05, 0.1) is 0 Å². The first-order valence-corrected chi connectivity index (χ1v) is 5.02. The Bertz CT molecular complexity index is 242. The van der Waals surface area contributed by atoms with Crippen molar-refractivity contribution in [1.82, 2.24) is 4.90 Å². The number of nitrogens with zero attached hydrogens (tertiary/aromatic N) is 1. The molecule has 1 aliphatic rings. The highest BCUT2D eigenvalue weighted by Gasteiger charge is 2.48. The summed E-state index contributed by atoms with van der Waals surface area (Å²) >= 11 is 0. The van der Waals surface area contributed by atoms with Gasteiger partial charge in [0, 0.05) is 6.54 Å². The lowest BCUT2D eigenvalue weighted by Crippen LogP contribution is -2.52. The van der Waals surface area contributed by atoms with Crippen molar-refractivity contribution in [3.63, 3.8) is 0 Å². The van der Waals surface area contributed by atoms with Gasteiger partial charge in [-0.2, -0.15) is 0 Å². The zero-order chi connectivity index (χ0) is 10.8. The first-order chi connectivity index (χ1) is 6.56. The molecule has 1 aliphatic carbocycles. The first kappa shape index (κ1) is 11.0. The van der Waals surface area contributed by atoms with Crippen LogP contribution < -0.4 is 0 Å². The molecular formula is C10H17NO3. The summed E-state index contributed by atoms with van der Waals surface area (Å²) in [5.74, 6) is -0.476. The van der Waals surface area contributed by atoms with E-state index < -0.39 is 11.5 Å². The van der Waals surface area contributed by atoms with Gasteiger partial charge < -0.3 is 10.0 Å². The molecule has 2 unspecified atom stereocenters. The molecule has 1 rings (SSSR count). The Hall–Kier alpha value is -1.06.